The highest BCUT2D eigenvalue weighted by atomic mass is 32.2. The van der Waals surface area contributed by atoms with Gasteiger partial charge in [0, 0.05) is 86.2 Å². The predicted octanol–water partition coefficient (Wildman–Crippen LogP) is 4.79. The van der Waals surface area contributed by atoms with Gasteiger partial charge in [0.05, 0.1) is 35.8 Å². The number of aromatic nitrogens is 2. The number of anilines is 1. The number of aliphatic hydroxyl groups excluding tert-OH is 1. The fourth-order valence-corrected chi connectivity index (χ4v) is 8.96. The lowest BCUT2D eigenvalue weighted by molar-refractivity contribution is -0.139. The van der Waals surface area contributed by atoms with Gasteiger partial charge in [0.15, 0.2) is 0 Å². The number of rotatable bonds is 11. The van der Waals surface area contributed by atoms with Crippen LogP contribution < -0.4 is 4.90 Å². The van der Waals surface area contributed by atoms with Gasteiger partial charge in [-0.3, -0.25) is 9.58 Å². The number of thioether (sulfide) groups is 1. The summed E-state index contributed by atoms with van der Waals surface area (Å²) in [4.78, 5) is 6.52. The minimum absolute atomic E-state index is 0.0516. The van der Waals surface area contributed by atoms with E-state index in [1.54, 1.807) is 16.8 Å². The van der Waals surface area contributed by atoms with E-state index < -0.39 is 27.9 Å². The van der Waals surface area contributed by atoms with Gasteiger partial charge >= 0.3 is 6.18 Å². The number of β-amino-alcohol motifs (C(OH)–C–C–N with tert-alkyl or cyclic N) is 1. The van der Waals surface area contributed by atoms with E-state index >= 15 is 0 Å². The second-order valence-corrected chi connectivity index (χ2v) is 16.3. The van der Waals surface area contributed by atoms with Crippen molar-refractivity contribution in [2.75, 3.05) is 75.8 Å². The summed E-state index contributed by atoms with van der Waals surface area (Å²) >= 11 is 1.18. The Kier molecular flexibility index (Phi) is 11.3. The van der Waals surface area contributed by atoms with E-state index in [-0.39, 0.29) is 30.3 Å². The number of nitrogens with zero attached hydrogens (tertiary/aromatic N) is 6. The monoisotopic (exact) mass is 724 g/mol. The van der Waals surface area contributed by atoms with Gasteiger partial charge in [-0.1, -0.05) is 24.6 Å². The molecule has 49 heavy (non-hydrogen) atoms. The standard InChI is InChI=1S/C34H44F4N6O3S2/c1-49(46,47)43-14-11-30-27(24-43)33(25-9-10-28(34(36,37)38)32(21-25)48-20-19-40-12-5-2-6-13-40)39-44(30)23-26(45)22-41-15-17-42(18-16-41)31-8-4-3-7-29(31)35/h3-4,7-10,21,26,45H,2,5-6,11-20,22-24H2,1H3. The van der Waals surface area contributed by atoms with E-state index in [1.165, 1.54) is 40.7 Å². The molecular formula is C34H44F4N6O3S2. The molecule has 6 rings (SSSR count). The minimum Gasteiger partial charge on any atom is -0.390 e. The molecule has 3 aliphatic heterocycles. The molecule has 4 heterocycles. The first-order valence-electron chi connectivity index (χ1n) is 16.9. The molecular weight excluding hydrogens is 681 g/mol. The molecule has 0 spiro atoms. The fourth-order valence-electron chi connectivity index (χ4n) is 7.06. The molecule has 1 unspecified atom stereocenters. The number of alkyl halides is 3. The zero-order valence-corrected chi connectivity index (χ0v) is 29.3. The Morgan fingerprint density at radius 2 is 1.67 bits per heavy atom. The molecule has 0 saturated carbocycles. The smallest absolute Gasteiger partial charge is 0.390 e. The Bertz CT molecular complexity index is 1710. The molecule has 1 N–H and O–H groups in total. The van der Waals surface area contributed by atoms with Crippen molar-refractivity contribution < 1.29 is 31.1 Å². The molecule has 0 amide bonds. The highest BCUT2D eigenvalue weighted by Gasteiger charge is 2.35. The summed E-state index contributed by atoms with van der Waals surface area (Å²) in [6.45, 7) is 5.94. The Labute approximate surface area is 289 Å². The Morgan fingerprint density at radius 1 is 0.939 bits per heavy atom. The number of likely N-dealkylation sites (tertiary alicyclic amines) is 1. The molecule has 9 nitrogen and oxygen atoms in total. The molecule has 0 aliphatic carbocycles. The Hall–Kier alpha value is -2.69. The Morgan fingerprint density at radius 3 is 2.37 bits per heavy atom. The number of para-hydroxylation sites is 1. The third-order valence-electron chi connectivity index (χ3n) is 9.66. The lowest BCUT2D eigenvalue weighted by Gasteiger charge is -2.37. The van der Waals surface area contributed by atoms with Gasteiger partial charge in [-0.05, 0) is 50.2 Å². The normalized spacial score (nSPS) is 19.3. The van der Waals surface area contributed by atoms with E-state index in [1.807, 2.05) is 11.0 Å². The number of hydrogen-bond acceptors (Lipinski definition) is 8. The number of sulfonamides is 1. The van der Waals surface area contributed by atoms with Gasteiger partial charge in [0.25, 0.3) is 0 Å². The van der Waals surface area contributed by atoms with Gasteiger partial charge in [0.2, 0.25) is 10.0 Å². The van der Waals surface area contributed by atoms with Crippen LogP contribution in [-0.4, -0.2) is 114 Å². The molecule has 2 saturated heterocycles. The van der Waals surface area contributed by atoms with Crippen LogP contribution in [0.5, 0.6) is 0 Å². The highest BCUT2D eigenvalue weighted by Crippen LogP contribution is 2.40. The van der Waals surface area contributed by atoms with Crippen LogP contribution in [-0.2, 0) is 35.7 Å². The van der Waals surface area contributed by atoms with Crippen LogP contribution >= 0.6 is 11.8 Å². The molecule has 0 radical (unpaired) electrons. The van der Waals surface area contributed by atoms with Crippen LogP contribution in [0.2, 0.25) is 0 Å². The number of piperidine rings is 1. The average Bonchev–Trinajstić information content (AvgIpc) is 3.42. The molecule has 3 aromatic rings. The van der Waals surface area contributed by atoms with Crippen molar-refractivity contribution in [2.24, 2.45) is 0 Å². The minimum atomic E-state index is -4.53. The number of hydrogen-bond donors (Lipinski definition) is 1. The SMILES string of the molecule is CS(=O)(=O)N1CCc2c(c(-c3ccc(C(F)(F)F)c(SCCN4CCCCC4)c3)nn2CC(O)CN2CCN(c3ccccc3F)CC2)C1. The summed E-state index contributed by atoms with van der Waals surface area (Å²) < 4.78 is 84.8. The molecule has 15 heteroatoms. The largest absolute Gasteiger partial charge is 0.417 e. The summed E-state index contributed by atoms with van der Waals surface area (Å²) in [5, 5.41) is 16.0. The summed E-state index contributed by atoms with van der Waals surface area (Å²) in [7, 11) is -3.53. The first-order valence-corrected chi connectivity index (χ1v) is 19.7. The van der Waals surface area contributed by atoms with Gasteiger partial charge in [-0.15, -0.1) is 11.8 Å². The van der Waals surface area contributed by atoms with Crippen LogP contribution in [0, 0.1) is 5.82 Å². The van der Waals surface area contributed by atoms with Crippen LogP contribution in [0.25, 0.3) is 11.3 Å². The third-order valence-corrected chi connectivity index (χ3v) is 11.9. The highest BCUT2D eigenvalue weighted by molar-refractivity contribution is 7.99. The van der Waals surface area contributed by atoms with Gasteiger partial charge in [-0.2, -0.15) is 22.6 Å². The zero-order chi connectivity index (χ0) is 34.8. The van der Waals surface area contributed by atoms with Crippen molar-refractivity contribution in [3.8, 4) is 11.3 Å². The summed E-state index contributed by atoms with van der Waals surface area (Å²) in [6.07, 6.45) is -0.432. The number of aliphatic hydroxyl groups is 1. The van der Waals surface area contributed by atoms with Crippen LogP contribution in [0.15, 0.2) is 47.4 Å². The number of halogens is 4. The topological polar surface area (TPSA) is 85.1 Å². The fraction of sp³-hybridized carbons (Fsp3) is 0.559. The first kappa shape index (κ1) is 36.1. The van der Waals surface area contributed by atoms with Crippen LogP contribution in [0.4, 0.5) is 23.2 Å². The van der Waals surface area contributed by atoms with E-state index in [0.717, 1.165) is 43.9 Å². The number of fused-ring (bicyclic) bond motifs is 1. The van der Waals surface area contributed by atoms with Crippen LogP contribution in [0.1, 0.15) is 36.1 Å². The number of piperazine rings is 1. The molecule has 3 aliphatic rings. The lowest BCUT2D eigenvalue weighted by atomic mass is 10.0. The molecule has 268 valence electrons. The Balaban J connectivity index is 1.21. The van der Waals surface area contributed by atoms with E-state index in [4.69, 9.17) is 5.10 Å². The molecule has 0 bridgehead atoms. The van der Waals surface area contributed by atoms with Crippen molar-refractivity contribution in [2.45, 2.75) is 55.9 Å². The van der Waals surface area contributed by atoms with E-state index in [0.29, 0.717) is 74.0 Å². The van der Waals surface area contributed by atoms with Gasteiger partial charge in [0.1, 0.15) is 5.82 Å². The summed E-state index contributed by atoms with van der Waals surface area (Å²) in [6, 6.07) is 10.7. The van der Waals surface area contributed by atoms with Gasteiger partial charge < -0.3 is 14.9 Å². The molecule has 1 atom stereocenters. The maximum atomic E-state index is 14.3. The second-order valence-electron chi connectivity index (χ2n) is 13.2. The molecule has 2 fully saturated rings. The second kappa shape index (κ2) is 15.3. The van der Waals surface area contributed by atoms with E-state index in [9.17, 15) is 31.1 Å². The predicted molar refractivity (Wildman–Crippen MR) is 184 cm³/mol. The first-order chi connectivity index (χ1) is 23.4. The van der Waals surface area contributed by atoms with E-state index in [2.05, 4.69) is 9.80 Å². The van der Waals surface area contributed by atoms with Crippen molar-refractivity contribution in [3.05, 3.63) is 65.1 Å². The van der Waals surface area contributed by atoms with Crippen molar-refractivity contribution in [1.82, 2.24) is 23.9 Å². The van der Waals surface area contributed by atoms with Gasteiger partial charge in [-0.25, -0.2) is 12.8 Å². The lowest BCUT2D eigenvalue weighted by Crippen LogP contribution is -2.49. The third kappa shape index (κ3) is 8.79. The van der Waals surface area contributed by atoms with Crippen molar-refractivity contribution in [3.63, 3.8) is 0 Å². The van der Waals surface area contributed by atoms with Crippen molar-refractivity contribution >= 4 is 27.5 Å². The maximum absolute atomic E-state index is 14.3. The van der Waals surface area contributed by atoms with Crippen molar-refractivity contribution in [1.29, 1.82) is 0 Å². The quantitative estimate of drug-likeness (QED) is 0.224. The van der Waals surface area contributed by atoms with Crippen LogP contribution in [0.3, 0.4) is 0 Å². The zero-order valence-electron chi connectivity index (χ0n) is 27.7. The average molecular weight is 725 g/mol. The summed E-state index contributed by atoms with van der Waals surface area (Å²) in [5.74, 6) is 0.252. The molecule has 2 aromatic carbocycles. The summed E-state index contributed by atoms with van der Waals surface area (Å²) in [5.41, 5.74) is 2.20. The molecule has 1 aromatic heterocycles. The number of benzene rings is 2. The maximum Gasteiger partial charge on any atom is 0.417 e.